The van der Waals surface area contributed by atoms with Crippen LogP contribution in [0.5, 0.6) is 0 Å². The average Bonchev–Trinajstić information content (AvgIpc) is 2.62. The van der Waals surface area contributed by atoms with Gasteiger partial charge in [0.05, 0.1) is 0 Å². The fourth-order valence-corrected chi connectivity index (χ4v) is 3.74. The minimum atomic E-state index is 0.158. The Morgan fingerprint density at radius 2 is 1.74 bits per heavy atom. The van der Waals surface area contributed by atoms with Crippen LogP contribution in [0.2, 0.25) is 0 Å². The number of carbonyl (C=O) groups is 1. The predicted octanol–water partition coefficient (Wildman–Crippen LogP) is 3.45. The van der Waals surface area contributed by atoms with Crippen LogP contribution in [0.1, 0.15) is 18.4 Å². The molecule has 0 saturated carbocycles. The van der Waals surface area contributed by atoms with Crippen LogP contribution in [0, 0.1) is 5.92 Å². The van der Waals surface area contributed by atoms with Gasteiger partial charge in [-0.3, -0.25) is 4.79 Å². The summed E-state index contributed by atoms with van der Waals surface area (Å²) in [7, 11) is 0. The Labute approximate surface area is 141 Å². The lowest BCUT2D eigenvalue weighted by molar-refractivity contribution is -0.125. The van der Waals surface area contributed by atoms with Gasteiger partial charge in [0.15, 0.2) is 0 Å². The van der Waals surface area contributed by atoms with E-state index < -0.39 is 0 Å². The molecule has 3 rings (SSSR count). The fourth-order valence-electron chi connectivity index (χ4n) is 2.78. The molecular formula is C19H22N2OS. The van der Waals surface area contributed by atoms with Gasteiger partial charge >= 0.3 is 0 Å². The Kier molecular flexibility index (Phi) is 5.72. The van der Waals surface area contributed by atoms with E-state index in [1.165, 1.54) is 15.4 Å². The first-order chi connectivity index (χ1) is 11.3. The molecule has 120 valence electrons. The van der Waals surface area contributed by atoms with Crippen LogP contribution in [-0.4, -0.2) is 19.0 Å². The lowest BCUT2D eigenvalue weighted by atomic mass is 9.97. The number of nitrogens with one attached hydrogen (secondary N) is 2. The highest BCUT2D eigenvalue weighted by molar-refractivity contribution is 7.99. The minimum absolute atomic E-state index is 0.158. The minimum Gasteiger partial charge on any atom is -0.352 e. The van der Waals surface area contributed by atoms with Gasteiger partial charge in [0.25, 0.3) is 0 Å². The number of rotatable bonds is 5. The maximum absolute atomic E-state index is 12.3. The van der Waals surface area contributed by atoms with Gasteiger partial charge in [0.1, 0.15) is 0 Å². The molecule has 4 heteroatoms. The van der Waals surface area contributed by atoms with Crippen LogP contribution >= 0.6 is 11.8 Å². The molecular weight excluding hydrogens is 304 g/mol. The first-order valence-electron chi connectivity index (χ1n) is 8.12. The number of hydrogen-bond acceptors (Lipinski definition) is 3. The summed E-state index contributed by atoms with van der Waals surface area (Å²) in [5.41, 5.74) is 1.17. The van der Waals surface area contributed by atoms with Crippen molar-refractivity contribution in [1.29, 1.82) is 0 Å². The summed E-state index contributed by atoms with van der Waals surface area (Å²) in [6, 6.07) is 18.6. The Balaban J connectivity index is 1.62. The van der Waals surface area contributed by atoms with Crippen LogP contribution in [0.25, 0.3) is 0 Å². The molecule has 1 aliphatic heterocycles. The Hall–Kier alpha value is -1.78. The summed E-state index contributed by atoms with van der Waals surface area (Å²) in [6.07, 6.45) is 1.87. The van der Waals surface area contributed by atoms with E-state index in [9.17, 15) is 4.79 Å². The van der Waals surface area contributed by atoms with Crippen LogP contribution in [0.4, 0.5) is 0 Å². The SMILES string of the molecule is O=C(NCc1ccccc1Sc1ccccc1)C1CCNCC1. The predicted molar refractivity (Wildman–Crippen MR) is 94.4 cm³/mol. The third-order valence-electron chi connectivity index (χ3n) is 4.11. The molecule has 2 aromatic rings. The van der Waals surface area contributed by atoms with E-state index in [-0.39, 0.29) is 11.8 Å². The highest BCUT2D eigenvalue weighted by Gasteiger charge is 2.20. The molecule has 0 unspecified atom stereocenters. The van der Waals surface area contributed by atoms with Crippen molar-refractivity contribution in [3.8, 4) is 0 Å². The maximum Gasteiger partial charge on any atom is 0.223 e. The van der Waals surface area contributed by atoms with Crippen molar-refractivity contribution in [2.45, 2.75) is 29.2 Å². The molecule has 0 spiro atoms. The second-order valence-electron chi connectivity index (χ2n) is 5.76. The number of piperidine rings is 1. The normalized spacial score (nSPS) is 15.3. The summed E-state index contributed by atoms with van der Waals surface area (Å²) in [6.45, 7) is 2.48. The van der Waals surface area contributed by atoms with E-state index in [2.05, 4.69) is 34.9 Å². The molecule has 2 N–H and O–H groups in total. The molecule has 1 amide bonds. The molecule has 0 atom stereocenters. The summed E-state index contributed by atoms with van der Waals surface area (Å²) in [4.78, 5) is 14.7. The quantitative estimate of drug-likeness (QED) is 0.884. The first kappa shape index (κ1) is 16.1. The van der Waals surface area contributed by atoms with Crippen LogP contribution < -0.4 is 10.6 Å². The van der Waals surface area contributed by atoms with Crippen LogP contribution in [0.15, 0.2) is 64.4 Å². The lowest BCUT2D eigenvalue weighted by Crippen LogP contribution is -2.37. The molecule has 1 aliphatic rings. The van der Waals surface area contributed by atoms with E-state index >= 15 is 0 Å². The molecule has 3 nitrogen and oxygen atoms in total. The number of amides is 1. The van der Waals surface area contributed by atoms with Gasteiger partial charge < -0.3 is 10.6 Å². The maximum atomic E-state index is 12.3. The van der Waals surface area contributed by atoms with Gasteiger partial charge in [-0.15, -0.1) is 0 Å². The molecule has 0 bridgehead atoms. The van der Waals surface area contributed by atoms with Gasteiger partial charge in [0, 0.05) is 22.3 Å². The Morgan fingerprint density at radius 3 is 2.52 bits per heavy atom. The summed E-state index contributed by atoms with van der Waals surface area (Å²) >= 11 is 1.74. The molecule has 1 heterocycles. The van der Waals surface area contributed by atoms with Crippen molar-refractivity contribution in [2.75, 3.05) is 13.1 Å². The van der Waals surface area contributed by atoms with E-state index in [4.69, 9.17) is 0 Å². The summed E-state index contributed by atoms with van der Waals surface area (Å²) in [5, 5.41) is 6.41. The zero-order chi connectivity index (χ0) is 15.9. The molecule has 1 saturated heterocycles. The summed E-state index contributed by atoms with van der Waals surface area (Å²) in [5.74, 6) is 0.344. The first-order valence-corrected chi connectivity index (χ1v) is 8.94. The number of carbonyl (C=O) groups excluding carboxylic acids is 1. The molecule has 0 aromatic heterocycles. The molecule has 0 aliphatic carbocycles. The monoisotopic (exact) mass is 326 g/mol. The number of hydrogen-bond donors (Lipinski definition) is 2. The van der Waals surface area contributed by atoms with Crippen molar-refractivity contribution in [2.24, 2.45) is 5.92 Å². The Bertz CT molecular complexity index is 639. The van der Waals surface area contributed by atoms with Gasteiger partial charge in [-0.05, 0) is 49.7 Å². The lowest BCUT2D eigenvalue weighted by Gasteiger charge is -2.22. The van der Waals surface area contributed by atoms with Gasteiger partial charge in [-0.2, -0.15) is 0 Å². The third-order valence-corrected chi connectivity index (χ3v) is 5.23. The zero-order valence-electron chi connectivity index (χ0n) is 13.1. The van der Waals surface area contributed by atoms with Crippen molar-refractivity contribution in [3.05, 3.63) is 60.2 Å². The standard InChI is InChI=1S/C19H22N2OS/c22-19(15-10-12-20-13-11-15)21-14-16-6-4-5-9-18(16)23-17-7-2-1-3-8-17/h1-9,15,20H,10-14H2,(H,21,22). The smallest absolute Gasteiger partial charge is 0.223 e. The fraction of sp³-hybridized carbons (Fsp3) is 0.316. The summed E-state index contributed by atoms with van der Waals surface area (Å²) < 4.78 is 0. The average molecular weight is 326 g/mol. The largest absolute Gasteiger partial charge is 0.352 e. The van der Waals surface area contributed by atoms with Crippen molar-refractivity contribution < 1.29 is 4.79 Å². The van der Waals surface area contributed by atoms with Crippen molar-refractivity contribution in [1.82, 2.24) is 10.6 Å². The number of benzene rings is 2. The second-order valence-corrected chi connectivity index (χ2v) is 6.88. The molecule has 0 radical (unpaired) electrons. The third kappa shape index (κ3) is 4.60. The Morgan fingerprint density at radius 1 is 1.04 bits per heavy atom. The van der Waals surface area contributed by atoms with Crippen LogP contribution in [-0.2, 0) is 11.3 Å². The van der Waals surface area contributed by atoms with E-state index in [1.807, 2.05) is 30.3 Å². The highest BCUT2D eigenvalue weighted by Crippen LogP contribution is 2.30. The van der Waals surface area contributed by atoms with Gasteiger partial charge in [-0.1, -0.05) is 48.2 Å². The van der Waals surface area contributed by atoms with Gasteiger partial charge in [-0.25, -0.2) is 0 Å². The van der Waals surface area contributed by atoms with Crippen LogP contribution in [0.3, 0.4) is 0 Å². The van der Waals surface area contributed by atoms with E-state index in [1.54, 1.807) is 11.8 Å². The topological polar surface area (TPSA) is 41.1 Å². The highest BCUT2D eigenvalue weighted by atomic mass is 32.2. The molecule has 23 heavy (non-hydrogen) atoms. The molecule has 1 fully saturated rings. The van der Waals surface area contributed by atoms with Crippen molar-refractivity contribution >= 4 is 17.7 Å². The zero-order valence-corrected chi connectivity index (χ0v) is 13.9. The van der Waals surface area contributed by atoms with E-state index in [0.29, 0.717) is 6.54 Å². The molecule has 2 aromatic carbocycles. The van der Waals surface area contributed by atoms with Crippen molar-refractivity contribution in [3.63, 3.8) is 0 Å². The van der Waals surface area contributed by atoms with E-state index in [0.717, 1.165) is 25.9 Å². The second kappa shape index (κ2) is 8.18. The van der Waals surface area contributed by atoms with Gasteiger partial charge in [0.2, 0.25) is 5.91 Å².